The Balaban J connectivity index is 2.47. The Hall–Kier alpha value is -2.06. The van der Waals surface area contributed by atoms with Crippen molar-refractivity contribution in [2.75, 3.05) is 0 Å². The van der Waals surface area contributed by atoms with Crippen molar-refractivity contribution in [1.82, 2.24) is 0 Å². The fourth-order valence-electron chi connectivity index (χ4n) is 2.19. The lowest BCUT2D eigenvalue weighted by Gasteiger charge is -2.29. The third kappa shape index (κ3) is 1.59. The first-order valence-corrected chi connectivity index (χ1v) is 5.36. The molecule has 0 saturated heterocycles. The maximum Gasteiger partial charge on any atom is 0.154 e. The van der Waals surface area contributed by atoms with Gasteiger partial charge in [-0.15, -0.1) is 0 Å². The van der Waals surface area contributed by atoms with Crippen LogP contribution in [-0.4, -0.2) is 0 Å². The van der Waals surface area contributed by atoms with Crippen molar-refractivity contribution < 1.29 is 0 Å². The molecule has 1 aliphatic rings. The summed E-state index contributed by atoms with van der Waals surface area (Å²) in [6.07, 6.45) is 5.48. The van der Waals surface area contributed by atoms with Crippen LogP contribution in [0.3, 0.4) is 0 Å². The average molecular weight is 208 g/mol. The second-order valence-corrected chi connectivity index (χ2v) is 4.05. The highest BCUT2D eigenvalue weighted by atomic mass is 14.5. The first kappa shape index (κ1) is 10.5. The van der Waals surface area contributed by atoms with E-state index in [0.29, 0.717) is 6.42 Å². The van der Waals surface area contributed by atoms with Crippen molar-refractivity contribution in [2.24, 2.45) is 5.41 Å². The van der Waals surface area contributed by atoms with Gasteiger partial charge in [-0.2, -0.15) is 10.5 Å². The highest BCUT2D eigenvalue weighted by Gasteiger charge is 2.40. The molecule has 0 aliphatic heterocycles. The van der Waals surface area contributed by atoms with Gasteiger partial charge in [-0.1, -0.05) is 42.5 Å². The van der Waals surface area contributed by atoms with Gasteiger partial charge in [0.25, 0.3) is 0 Å². The SMILES string of the molecule is N#CC1(C#N)CCC=CC1c1ccccc1. The van der Waals surface area contributed by atoms with Gasteiger partial charge >= 0.3 is 0 Å². The maximum absolute atomic E-state index is 9.27. The van der Waals surface area contributed by atoms with E-state index < -0.39 is 5.41 Å². The van der Waals surface area contributed by atoms with E-state index in [9.17, 15) is 10.5 Å². The second-order valence-electron chi connectivity index (χ2n) is 4.05. The zero-order valence-corrected chi connectivity index (χ0v) is 8.93. The van der Waals surface area contributed by atoms with Crippen molar-refractivity contribution in [3.8, 4) is 12.1 Å². The standard InChI is InChI=1S/C14H12N2/c15-10-14(11-16)9-5-4-8-13(14)12-6-2-1-3-7-12/h1-4,6-8,13H,5,9H2. The smallest absolute Gasteiger partial charge is 0.154 e. The van der Waals surface area contributed by atoms with Crippen LogP contribution in [-0.2, 0) is 0 Å². The molecule has 0 N–H and O–H groups in total. The molecule has 0 spiro atoms. The molecule has 1 unspecified atom stereocenters. The summed E-state index contributed by atoms with van der Waals surface area (Å²) >= 11 is 0. The van der Waals surface area contributed by atoms with Crippen LogP contribution >= 0.6 is 0 Å². The van der Waals surface area contributed by atoms with Gasteiger partial charge in [-0.3, -0.25) is 0 Å². The van der Waals surface area contributed by atoms with E-state index in [1.165, 1.54) is 0 Å². The molecule has 16 heavy (non-hydrogen) atoms. The highest BCUT2D eigenvalue weighted by Crippen LogP contribution is 2.43. The molecule has 0 bridgehead atoms. The molecule has 78 valence electrons. The molecular weight excluding hydrogens is 196 g/mol. The van der Waals surface area contributed by atoms with E-state index in [0.717, 1.165) is 12.0 Å². The van der Waals surface area contributed by atoms with Gasteiger partial charge in [0.1, 0.15) is 0 Å². The maximum atomic E-state index is 9.27. The number of hydrogen-bond donors (Lipinski definition) is 0. The number of nitriles is 2. The predicted octanol–water partition coefficient (Wildman–Crippen LogP) is 3.15. The molecule has 2 nitrogen and oxygen atoms in total. The van der Waals surface area contributed by atoms with E-state index in [2.05, 4.69) is 18.2 Å². The predicted molar refractivity (Wildman–Crippen MR) is 61.2 cm³/mol. The quantitative estimate of drug-likeness (QED) is 0.665. The minimum absolute atomic E-state index is 0.0996. The summed E-state index contributed by atoms with van der Waals surface area (Å²) in [5.41, 5.74) is 0.150. The van der Waals surface area contributed by atoms with Gasteiger partial charge in [0.2, 0.25) is 0 Å². The molecule has 0 saturated carbocycles. The molecule has 2 rings (SSSR count). The van der Waals surface area contributed by atoms with E-state index >= 15 is 0 Å². The van der Waals surface area contributed by atoms with E-state index in [4.69, 9.17) is 0 Å². The summed E-state index contributed by atoms with van der Waals surface area (Å²) in [4.78, 5) is 0. The van der Waals surface area contributed by atoms with Crippen LogP contribution in [0.4, 0.5) is 0 Å². The first-order chi connectivity index (χ1) is 7.82. The Morgan fingerprint density at radius 2 is 1.81 bits per heavy atom. The largest absolute Gasteiger partial charge is 0.197 e. The Labute approximate surface area is 95.4 Å². The Bertz CT molecular complexity index is 460. The lowest BCUT2D eigenvalue weighted by molar-refractivity contribution is 0.416. The summed E-state index contributed by atoms with van der Waals surface area (Å²) in [7, 11) is 0. The zero-order chi connectivity index (χ0) is 11.4. The van der Waals surface area contributed by atoms with Gasteiger partial charge in [-0.05, 0) is 18.4 Å². The van der Waals surface area contributed by atoms with Crippen molar-refractivity contribution in [1.29, 1.82) is 10.5 Å². The molecule has 0 amide bonds. The van der Waals surface area contributed by atoms with Crippen molar-refractivity contribution in [3.05, 3.63) is 48.0 Å². The van der Waals surface area contributed by atoms with E-state index in [-0.39, 0.29) is 5.92 Å². The molecule has 0 aromatic heterocycles. The van der Waals surface area contributed by atoms with Crippen LogP contribution < -0.4 is 0 Å². The summed E-state index contributed by atoms with van der Waals surface area (Å²) < 4.78 is 0. The highest BCUT2D eigenvalue weighted by molar-refractivity contribution is 5.36. The number of hydrogen-bond acceptors (Lipinski definition) is 2. The van der Waals surface area contributed by atoms with Gasteiger partial charge < -0.3 is 0 Å². The lowest BCUT2D eigenvalue weighted by atomic mass is 9.68. The van der Waals surface area contributed by atoms with Crippen LogP contribution in [0.15, 0.2) is 42.5 Å². The molecule has 0 heterocycles. The van der Waals surface area contributed by atoms with E-state index in [1.54, 1.807) is 0 Å². The van der Waals surface area contributed by atoms with Crippen molar-refractivity contribution in [3.63, 3.8) is 0 Å². The number of allylic oxidation sites excluding steroid dienone is 2. The molecule has 0 fully saturated rings. The zero-order valence-electron chi connectivity index (χ0n) is 8.93. The fraction of sp³-hybridized carbons (Fsp3) is 0.286. The lowest BCUT2D eigenvalue weighted by Crippen LogP contribution is -2.26. The second kappa shape index (κ2) is 4.21. The van der Waals surface area contributed by atoms with Gasteiger partial charge in [0, 0.05) is 5.92 Å². The summed E-state index contributed by atoms with van der Waals surface area (Å²) in [5, 5.41) is 18.5. The monoisotopic (exact) mass is 208 g/mol. The minimum atomic E-state index is -0.893. The number of rotatable bonds is 1. The summed E-state index contributed by atoms with van der Waals surface area (Å²) in [5.74, 6) is -0.0996. The first-order valence-electron chi connectivity index (χ1n) is 5.36. The van der Waals surface area contributed by atoms with Crippen LogP contribution in [0, 0.1) is 28.1 Å². The normalized spacial score (nSPS) is 22.0. The Morgan fingerprint density at radius 3 is 2.44 bits per heavy atom. The summed E-state index contributed by atoms with van der Waals surface area (Å²) in [6, 6.07) is 14.2. The molecular formula is C14H12N2. The Kier molecular flexibility index (Phi) is 2.75. The van der Waals surface area contributed by atoms with Crippen LogP contribution in [0.5, 0.6) is 0 Å². The van der Waals surface area contributed by atoms with Gasteiger partial charge in [0.15, 0.2) is 5.41 Å². The van der Waals surface area contributed by atoms with Crippen LogP contribution in [0.25, 0.3) is 0 Å². The van der Waals surface area contributed by atoms with E-state index in [1.807, 2.05) is 36.4 Å². The van der Waals surface area contributed by atoms with Crippen LogP contribution in [0.1, 0.15) is 24.3 Å². The third-order valence-electron chi connectivity index (χ3n) is 3.12. The average Bonchev–Trinajstić information content (AvgIpc) is 2.39. The minimum Gasteiger partial charge on any atom is -0.197 e. The molecule has 1 aliphatic carbocycles. The molecule has 0 radical (unpaired) electrons. The van der Waals surface area contributed by atoms with Gasteiger partial charge in [-0.25, -0.2) is 0 Å². The number of benzene rings is 1. The number of nitrogens with zero attached hydrogens (tertiary/aromatic N) is 2. The third-order valence-corrected chi connectivity index (χ3v) is 3.12. The van der Waals surface area contributed by atoms with Crippen molar-refractivity contribution in [2.45, 2.75) is 18.8 Å². The molecule has 1 aromatic carbocycles. The molecule has 1 atom stereocenters. The molecule has 1 aromatic rings. The fourth-order valence-corrected chi connectivity index (χ4v) is 2.19. The van der Waals surface area contributed by atoms with Crippen LogP contribution in [0.2, 0.25) is 0 Å². The topological polar surface area (TPSA) is 47.6 Å². The van der Waals surface area contributed by atoms with Gasteiger partial charge in [0.05, 0.1) is 12.1 Å². The van der Waals surface area contributed by atoms with Crippen molar-refractivity contribution >= 4 is 0 Å². The molecule has 2 heteroatoms. The summed E-state index contributed by atoms with van der Waals surface area (Å²) in [6.45, 7) is 0. The Morgan fingerprint density at radius 1 is 1.12 bits per heavy atom.